The highest BCUT2D eigenvalue weighted by Gasteiger charge is 2.04. The molecule has 3 N–H and O–H groups in total. The molecule has 0 amide bonds. The van der Waals surface area contributed by atoms with Crippen LogP contribution in [0.25, 0.3) is 0 Å². The normalized spacial score (nSPS) is 10.3. The Balaban J connectivity index is 1.74. The number of halogens is 1. The number of carboxylic acids is 1. The third-order valence-corrected chi connectivity index (χ3v) is 3.90. The summed E-state index contributed by atoms with van der Waals surface area (Å²) in [5.74, 6) is 0.0442. The van der Waals surface area contributed by atoms with Crippen molar-refractivity contribution in [2.24, 2.45) is 0 Å². The fraction of sp³-hybridized carbons (Fsp3) is 0.0556. The summed E-state index contributed by atoms with van der Waals surface area (Å²) < 4.78 is 0. The van der Waals surface area contributed by atoms with E-state index in [4.69, 9.17) is 16.7 Å². The van der Waals surface area contributed by atoms with E-state index in [1.807, 2.05) is 25.1 Å². The van der Waals surface area contributed by atoms with E-state index in [1.165, 1.54) is 12.1 Å². The van der Waals surface area contributed by atoms with Crippen LogP contribution in [0.15, 0.2) is 54.7 Å². The predicted molar refractivity (Wildman–Crippen MR) is 98.2 cm³/mol. The van der Waals surface area contributed by atoms with Crippen molar-refractivity contribution in [3.8, 4) is 0 Å². The largest absolute Gasteiger partial charge is 0.478 e. The Morgan fingerprint density at radius 3 is 2.44 bits per heavy atom. The molecule has 126 valence electrons. The second kappa shape index (κ2) is 7.19. The van der Waals surface area contributed by atoms with E-state index in [-0.39, 0.29) is 5.56 Å². The summed E-state index contributed by atoms with van der Waals surface area (Å²) in [6, 6.07) is 13.8. The molecular formula is C18H15ClN4O2. The third-order valence-electron chi connectivity index (χ3n) is 3.49. The second-order valence-electron chi connectivity index (χ2n) is 5.36. The van der Waals surface area contributed by atoms with Crippen molar-refractivity contribution in [1.82, 2.24) is 9.97 Å². The van der Waals surface area contributed by atoms with Gasteiger partial charge in [0.05, 0.1) is 5.56 Å². The summed E-state index contributed by atoms with van der Waals surface area (Å²) in [5.41, 5.74) is 2.74. The molecule has 3 rings (SSSR count). The van der Waals surface area contributed by atoms with Gasteiger partial charge in [0.1, 0.15) is 5.82 Å². The molecule has 0 aliphatic rings. The molecular weight excluding hydrogens is 340 g/mol. The Morgan fingerprint density at radius 2 is 1.76 bits per heavy atom. The first-order chi connectivity index (χ1) is 12.0. The molecule has 0 fully saturated rings. The summed E-state index contributed by atoms with van der Waals surface area (Å²) in [7, 11) is 0. The van der Waals surface area contributed by atoms with E-state index in [2.05, 4.69) is 20.6 Å². The van der Waals surface area contributed by atoms with Gasteiger partial charge in [0, 0.05) is 22.6 Å². The van der Waals surface area contributed by atoms with Gasteiger partial charge in [-0.3, -0.25) is 0 Å². The van der Waals surface area contributed by atoms with Crippen LogP contribution in [0.3, 0.4) is 0 Å². The van der Waals surface area contributed by atoms with Crippen molar-refractivity contribution in [1.29, 1.82) is 0 Å². The van der Waals surface area contributed by atoms with E-state index in [0.717, 1.165) is 16.9 Å². The Morgan fingerprint density at radius 1 is 1.04 bits per heavy atom. The molecule has 25 heavy (non-hydrogen) atoms. The van der Waals surface area contributed by atoms with Gasteiger partial charge in [0.15, 0.2) is 0 Å². The minimum atomic E-state index is -0.961. The van der Waals surface area contributed by atoms with Crippen molar-refractivity contribution < 1.29 is 9.90 Å². The quantitative estimate of drug-likeness (QED) is 0.619. The third kappa shape index (κ3) is 4.24. The minimum absolute atomic E-state index is 0.229. The van der Waals surface area contributed by atoms with Crippen LogP contribution in [-0.4, -0.2) is 21.0 Å². The number of hydrogen-bond donors (Lipinski definition) is 3. The second-order valence-corrected chi connectivity index (χ2v) is 5.77. The van der Waals surface area contributed by atoms with Crippen LogP contribution >= 0.6 is 11.6 Å². The monoisotopic (exact) mass is 354 g/mol. The molecule has 0 unspecified atom stereocenters. The Hall–Kier alpha value is -3.12. The van der Waals surface area contributed by atoms with Crippen molar-refractivity contribution in [2.45, 2.75) is 6.92 Å². The Labute approximate surface area is 149 Å². The summed E-state index contributed by atoms with van der Waals surface area (Å²) in [5, 5.41) is 15.8. The van der Waals surface area contributed by atoms with Crippen LogP contribution in [-0.2, 0) is 0 Å². The van der Waals surface area contributed by atoms with Crippen molar-refractivity contribution in [2.75, 3.05) is 10.6 Å². The average Bonchev–Trinajstić information content (AvgIpc) is 2.59. The highest BCUT2D eigenvalue weighted by atomic mass is 35.5. The van der Waals surface area contributed by atoms with Gasteiger partial charge in [-0.25, -0.2) is 9.78 Å². The lowest BCUT2D eigenvalue weighted by Gasteiger charge is -2.09. The van der Waals surface area contributed by atoms with Gasteiger partial charge in [-0.15, -0.1) is 0 Å². The van der Waals surface area contributed by atoms with Crippen molar-refractivity contribution >= 4 is 40.7 Å². The van der Waals surface area contributed by atoms with E-state index < -0.39 is 5.97 Å². The maximum atomic E-state index is 10.9. The van der Waals surface area contributed by atoms with Gasteiger partial charge in [-0.1, -0.05) is 17.7 Å². The highest BCUT2D eigenvalue weighted by Crippen LogP contribution is 2.22. The van der Waals surface area contributed by atoms with Crippen LogP contribution < -0.4 is 10.6 Å². The number of carboxylic acid groups (broad SMARTS) is 1. The molecule has 0 saturated heterocycles. The average molecular weight is 355 g/mol. The van der Waals surface area contributed by atoms with Crippen LogP contribution in [0.4, 0.5) is 23.1 Å². The van der Waals surface area contributed by atoms with Gasteiger partial charge < -0.3 is 15.7 Å². The van der Waals surface area contributed by atoms with Crippen LogP contribution in [0.1, 0.15) is 15.9 Å². The molecule has 7 heteroatoms. The number of aromatic carboxylic acids is 1. The zero-order chi connectivity index (χ0) is 17.8. The molecule has 0 atom stereocenters. The number of nitrogens with one attached hydrogen (secondary N) is 2. The van der Waals surface area contributed by atoms with Crippen molar-refractivity contribution in [3.63, 3.8) is 0 Å². The lowest BCUT2D eigenvalue weighted by Crippen LogP contribution is -2.01. The van der Waals surface area contributed by atoms with E-state index in [9.17, 15) is 4.79 Å². The maximum absolute atomic E-state index is 10.9. The minimum Gasteiger partial charge on any atom is -0.478 e. The van der Waals surface area contributed by atoms with E-state index >= 15 is 0 Å². The highest BCUT2D eigenvalue weighted by molar-refractivity contribution is 6.31. The molecule has 2 aromatic carbocycles. The molecule has 0 bridgehead atoms. The van der Waals surface area contributed by atoms with Crippen LogP contribution in [0, 0.1) is 6.92 Å². The number of nitrogens with zero attached hydrogens (tertiary/aromatic N) is 2. The number of rotatable bonds is 5. The Bertz CT molecular complexity index is 913. The number of benzene rings is 2. The lowest BCUT2D eigenvalue weighted by atomic mass is 10.2. The molecule has 0 aliphatic heterocycles. The summed E-state index contributed by atoms with van der Waals surface area (Å²) in [6.07, 6.45) is 1.62. The Kier molecular flexibility index (Phi) is 4.81. The number of anilines is 4. The number of hydrogen-bond acceptors (Lipinski definition) is 5. The fourth-order valence-corrected chi connectivity index (χ4v) is 2.31. The molecule has 0 radical (unpaired) electrons. The van der Waals surface area contributed by atoms with Crippen LogP contribution in [0.5, 0.6) is 0 Å². The lowest BCUT2D eigenvalue weighted by molar-refractivity contribution is 0.0697. The fourth-order valence-electron chi connectivity index (χ4n) is 2.13. The molecule has 1 aromatic heterocycles. The number of carbonyl (C=O) groups is 1. The number of aromatic nitrogens is 2. The summed E-state index contributed by atoms with van der Waals surface area (Å²) >= 11 is 6.12. The first kappa shape index (κ1) is 16.7. The first-order valence-corrected chi connectivity index (χ1v) is 7.86. The maximum Gasteiger partial charge on any atom is 0.335 e. The predicted octanol–water partition coefficient (Wildman–Crippen LogP) is 4.62. The summed E-state index contributed by atoms with van der Waals surface area (Å²) in [4.78, 5) is 19.4. The molecule has 6 nitrogen and oxygen atoms in total. The molecule has 3 aromatic rings. The molecule has 0 aliphatic carbocycles. The van der Waals surface area contributed by atoms with Crippen LogP contribution in [0.2, 0.25) is 5.02 Å². The van der Waals surface area contributed by atoms with E-state index in [0.29, 0.717) is 16.8 Å². The van der Waals surface area contributed by atoms with Gasteiger partial charge in [0.2, 0.25) is 5.95 Å². The van der Waals surface area contributed by atoms with Gasteiger partial charge >= 0.3 is 5.97 Å². The molecule has 0 saturated carbocycles. The SMILES string of the molecule is Cc1ccc(Nc2nccc(Nc3ccc(C(=O)O)cc3)n2)cc1Cl. The standard InChI is InChI=1S/C18H15ClN4O2/c1-11-2-5-14(10-15(11)19)22-18-20-9-8-16(23-18)21-13-6-3-12(4-7-13)17(24)25/h2-10H,1H3,(H,24,25)(H2,20,21,22,23). The number of aryl methyl sites for hydroxylation is 1. The van der Waals surface area contributed by atoms with Crippen molar-refractivity contribution in [3.05, 3.63) is 70.9 Å². The molecule has 1 heterocycles. The van der Waals surface area contributed by atoms with Gasteiger partial charge in [-0.05, 0) is 55.0 Å². The smallest absolute Gasteiger partial charge is 0.335 e. The van der Waals surface area contributed by atoms with Gasteiger partial charge in [-0.2, -0.15) is 4.98 Å². The van der Waals surface area contributed by atoms with Gasteiger partial charge in [0.25, 0.3) is 0 Å². The molecule has 0 spiro atoms. The topological polar surface area (TPSA) is 87.1 Å². The first-order valence-electron chi connectivity index (χ1n) is 7.48. The zero-order valence-electron chi connectivity index (χ0n) is 13.3. The zero-order valence-corrected chi connectivity index (χ0v) is 14.1. The van der Waals surface area contributed by atoms with E-state index in [1.54, 1.807) is 24.4 Å². The summed E-state index contributed by atoms with van der Waals surface area (Å²) in [6.45, 7) is 1.93.